The van der Waals surface area contributed by atoms with Crippen molar-refractivity contribution in [3.63, 3.8) is 0 Å². The van der Waals surface area contributed by atoms with E-state index >= 15 is 0 Å². The van der Waals surface area contributed by atoms with Crippen molar-refractivity contribution < 1.29 is 9.53 Å². The first-order valence-electron chi connectivity index (χ1n) is 11.2. The predicted octanol–water partition coefficient (Wildman–Crippen LogP) is 7.38. The molecule has 3 heteroatoms. The molecule has 0 spiro atoms. The highest BCUT2D eigenvalue weighted by atomic mass is 16.5. The summed E-state index contributed by atoms with van der Waals surface area (Å²) in [5.74, 6) is 0. The van der Waals surface area contributed by atoms with Crippen LogP contribution in [-0.4, -0.2) is 19.2 Å². The molecule has 0 aromatic rings. The molecule has 3 nitrogen and oxygen atoms in total. The predicted molar refractivity (Wildman–Crippen MR) is 109 cm³/mol. The van der Waals surface area contributed by atoms with Crippen LogP contribution in [0.25, 0.3) is 0 Å². The summed E-state index contributed by atoms with van der Waals surface area (Å²) >= 11 is 0. The molecule has 0 aromatic heterocycles. The van der Waals surface area contributed by atoms with Gasteiger partial charge in [0.1, 0.15) is 0 Å². The lowest BCUT2D eigenvalue weighted by Gasteiger charge is -2.07. The Balaban J connectivity index is 3.13. The number of alkyl carbamates (subject to hydrolysis) is 1. The molecule has 0 bridgehead atoms. The van der Waals surface area contributed by atoms with Crippen LogP contribution in [0.5, 0.6) is 0 Å². The fourth-order valence-corrected chi connectivity index (χ4v) is 3.08. The second-order valence-corrected chi connectivity index (χ2v) is 7.37. The van der Waals surface area contributed by atoms with E-state index in [0.29, 0.717) is 6.61 Å². The highest BCUT2D eigenvalue weighted by Crippen LogP contribution is 2.10. The Morgan fingerprint density at radius 2 is 1.00 bits per heavy atom. The SMILES string of the molecule is CCCCCCCCCCCOC(=O)NCCCCCCCCCC. The zero-order chi connectivity index (χ0) is 18.4. The number of amides is 1. The summed E-state index contributed by atoms with van der Waals surface area (Å²) in [6.45, 7) is 5.83. The van der Waals surface area contributed by atoms with E-state index in [1.54, 1.807) is 0 Å². The van der Waals surface area contributed by atoms with Crippen LogP contribution in [0.2, 0.25) is 0 Å². The third-order valence-electron chi connectivity index (χ3n) is 4.78. The fraction of sp³-hybridized carbons (Fsp3) is 0.955. The standard InChI is InChI=1S/C22H45NO2/c1-3-5-7-9-11-13-15-17-19-21-25-22(24)23-20-18-16-14-12-10-8-6-4-2/h3-21H2,1-2H3,(H,23,24). The van der Waals surface area contributed by atoms with Gasteiger partial charge in [-0.25, -0.2) is 4.79 Å². The Morgan fingerprint density at radius 3 is 1.48 bits per heavy atom. The third-order valence-corrected chi connectivity index (χ3v) is 4.78. The Bertz CT molecular complexity index is 269. The van der Waals surface area contributed by atoms with Gasteiger partial charge in [-0.2, -0.15) is 0 Å². The molecule has 0 atom stereocenters. The van der Waals surface area contributed by atoms with Crippen molar-refractivity contribution in [2.75, 3.05) is 13.2 Å². The molecule has 0 radical (unpaired) electrons. The number of ether oxygens (including phenoxy) is 1. The zero-order valence-electron chi connectivity index (χ0n) is 17.3. The minimum absolute atomic E-state index is 0.234. The molecule has 25 heavy (non-hydrogen) atoms. The molecule has 0 fully saturated rings. The van der Waals surface area contributed by atoms with Gasteiger partial charge in [-0.05, 0) is 12.8 Å². The smallest absolute Gasteiger partial charge is 0.407 e. The van der Waals surface area contributed by atoms with Gasteiger partial charge >= 0.3 is 6.09 Å². The van der Waals surface area contributed by atoms with E-state index in [4.69, 9.17) is 4.74 Å². The Hall–Kier alpha value is -0.730. The molecule has 0 saturated heterocycles. The van der Waals surface area contributed by atoms with Crippen LogP contribution in [0, 0.1) is 0 Å². The van der Waals surface area contributed by atoms with E-state index in [1.807, 2.05) is 0 Å². The number of nitrogens with one attached hydrogen (secondary N) is 1. The molecule has 0 unspecified atom stereocenters. The van der Waals surface area contributed by atoms with Gasteiger partial charge in [-0.15, -0.1) is 0 Å². The number of unbranched alkanes of at least 4 members (excludes halogenated alkanes) is 15. The maximum absolute atomic E-state index is 11.6. The average molecular weight is 356 g/mol. The van der Waals surface area contributed by atoms with Crippen LogP contribution in [0.3, 0.4) is 0 Å². The van der Waals surface area contributed by atoms with Crippen LogP contribution in [-0.2, 0) is 4.74 Å². The Labute approximate surface area is 157 Å². The number of hydrogen-bond acceptors (Lipinski definition) is 2. The van der Waals surface area contributed by atoms with Gasteiger partial charge in [-0.3, -0.25) is 0 Å². The summed E-state index contributed by atoms with van der Waals surface area (Å²) in [5.41, 5.74) is 0. The summed E-state index contributed by atoms with van der Waals surface area (Å²) in [5, 5.41) is 2.86. The lowest BCUT2D eigenvalue weighted by atomic mass is 10.1. The van der Waals surface area contributed by atoms with Crippen molar-refractivity contribution in [1.82, 2.24) is 5.32 Å². The van der Waals surface area contributed by atoms with Crippen LogP contribution in [0.4, 0.5) is 4.79 Å². The molecule has 1 amide bonds. The van der Waals surface area contributed by atoms with Gasteiger partial charge < -0.3 is 10.1 Å². The first-order valence-corrected chi connectivity index (χ1v) is 11.2. The van der Waals surface area contributed by atoms with Gasteiger partial charge in [-0.1, -0.05) is 110 Å². The van der Waals surface area contributed by atoms with Crippen LogP contribution in [0.1, 0.15) is 123 Å². The van der Waals surface area contributed by atoms with Crippen LogP contribution < -0.4 is 5.32 Å². The van der Waals surface area contributed by atoms with Gasteiger partial charge in [0.25, 0.3) is 0 Å². The molecular weight excluding hydrogens is 310 g/mol. The molecule has 0 aliphatic heterocycles. The summed E-state index contributed by atoms with van der Waals surface area (Å²) in [4.78, 5) is 11.6. The quantitative estimate of drug-likeness (QED) is 0.245. The maximum atomic E-state index is 11.6. The molecule has 0 aliphatic rings. The van der Waals surface area contributed by atoms with Gasteiger partial charge in [0.15, 0.2) is 0 Å². The summed E-state index contributed by atoms with van der Waals surface area (Å²) < 4.78 is 5.22. The van der Waals surface area contributed by atoms with E-state index in [9.17, 15) is 4.79 Å². The van der Waals surface area contributed by atoms with Crippen molar-refractivity contribution in [3.05, 3.63) is 0 Å². The topological polar surface area (TPSA) is 38.3 Å². The molecule has 0 saturated carbocycles. The minimum Gasteiger partial charge on any atom is -0.450 e. The zero-order valence-corrected chi connectivity index (χ0v) is 17.3. The second-order valence-electron chi connectivity index (χ2n) is 7.37. The summed E-state index contributed by atoms with van der Waals surface area (Å²) in [6.07, 6.45) is 21.7. The lowest BCUT2D eigenvalue weighted by Crippen LogP contribution is -2.25. The highest BCUT2D eigenvalue weighted by Gasteiger charge is 2.00. The number of hydrogen-bond donors (Lipinski definition) is 1. The fourth-order valence-electron chi connectivity index (χ4n) is 3.08. The Kier molecular flexibility index (Phi) is 20.7. The van der Waals surface area contributed by atoms with Crippen molar-refractivity contribution in [2.24, 2.45) is 0 Å². The molecule has 150 valence electrons. The monoisotopic (exact) mass is 355 g/mol. The molecule has 1 N–H and O–H groups in total. The highest BCUT2D eigenvalue weighted by molar-refractivity contribution is 5.66. The van der Waals surface area contributed by atoms with Gasteiger partial charge in [0.2, 0.25) is 0 Å². The minimum atomic E-state index is -0.234. The van der Waals surface area contributed by atoms with Gasteiger partial charge in [0, 0.05) is 6.54 Å². The largest absolute Gasteiger partial charge is 0.450 e. The van der Waals surface area contributed by atoms with E-state index < -0.39 is 0 Å². The molecule has 0 heterocycles. The summed E-state index contributed by atoms with van der Waals surface area (Å²) in [7, 11) is 0. The van der Waals surface area contributed by atoms with E-state index in [2.05, 4.69) is 19.2 Å². The van der Waals surface area contributed by atoms with E-state index in [0.717, 1.165) is 19.4 Å². The maximum Gasteiger partial charge on any atom is 0.407 e. The van der Waals surface area contributed by atoms with Crippen LogP contribution >= 0.6 is 0 Å². The number of carbonyl (C=O) groups excluding carboxylic acids is 1. The van der Waals surface area contributed by atoms with Crippen molar-refractivity contribution in [1.29, 1.82) is 0 Å². The van der Waals surface area contributed by atoms with Gasteiger partial charge in [0.05, 0.1) is 6.61 Å². The van der Waals surface area contributed by atoms with Crippen molar-refractivity contribution in [2.45, 2.75) is 123 Å². The average Bonchev–Trinajstić information content (AvgIpc) is 2.62. The van der Waals surface area contributed by atoms with Crippen LogP contribution in [0.15, 0.2) is 0 Å². The molecular formula is C22H45NO2. The Morgan fingerprint density at radius 1 is 0.600 bits per heavy atom. The third kappa shape index (κ3) is 21.2. The van der Waals surface area contributed by atoms with E-state index in [1.165, 1.54) is 96.3 Å². The lowest BCUT2D eigenvalue weighted by molar-refractivity contribution is 0.143. The molecule has 0 rings (SSSR count). The summed E-state index contributed by atoms with van der Waals surface area (Å²) in [6, 6.07) is 0. The van der Waals surface area contributed by atoms with Crippen molar-refractivity contribution in [3.8, 4) is 0 Å². The molecule has 0 aromatic carbocycles. The van der Waals surface area contributed by atoms with E-state index in [-0.39, 0.29) is 6.09 Å². The number of rotatable bonds is 19. The molecule has 0 aliphatic carbocycles. The second kappa shape index (κ2) is 21.3. The first-order chi connectivity index (χ1) is 12.3. The number of carbonyl (C=O) groups is 1. The normalized spacial score (nSPS) is 10.8. The first kappa shape index (κ1) is 24.3. The van der Waals surface area contributed by atoms with Crippen molar-refractivity contribution >= 4 is 6.09 Å².